The zero-order chi connectivity index (χ0) is 14.4. The third-order valence-corrected chi connectivity index (χ3v) is 3.22. The summed E-state index contributed by atoms with van der Waals surface area (Å²) in [6.07, 6.45) is 3.32. The third kappa shape index (κ3) is 3.84. The van der Waals surface area contributed by atoms with Crippen molar-refractivity contribution in [2.75, 3.05) is 26.4 Å². The van der Waals surface area contributed by atoms with E-state index >= 15 is 0 Å². The van der Waals surface area contributed by atoms with Crippen molar-refractivity contribution in [2.24, 2.45) is 5.41 Å². The molecule has 1 aliphatic rings. The second-order valence-electron chi connectivity index (χ2n) is 5.33. The van der Waals surface area contributed by atoms with Crippen molar-refractivity contribution >= 4 is 12.0 Å². The van der Waals surface area contributed by atoms with Crippen LogP contribution in [0.5, 0.6) is 5.75 Å². The molecule has 0 aromatic heterocycles. The summed E-state index contributed by atoms with van der Waals surface area (Å²) in [7, 11) is 0. The Labute approximate surface area is 119 Å². The lowest BCUT2D eigenvalue weighted by molar-refractivity contribution is -0.122. The smallest absolute Gasteiger partial charge is 0.244 e. The molecule has 2 rings (SSSR count). The summed E-state index contributed by atoms with van der Waals surface area (Å²) in [5, 5.41) is 2.90. The second kappa shape index (κ2) is 6.57. The SMILES string of the molecule is CCOc1ccccc1/C=C/C(=O)NCC1(C)COC1. The highest BCUT2D eigenvalue weighted by atomic mass is 16.5. The second-order valence-corrected chi connectivity index (χ2v) is 5.33. The van der Waals surface area contributed by atoms with Crippen LogP contribution < -0.4 is 10.1 Å². The van der Waals surface area contributed by atoms with Gasteiger partial charge in [0, 0.05) is 23.6 Å². The van der Waals surface area contributed by atoms with Gasteiger partial charge in [0.05, 0.1) is 19.8 Å². The summed E-state index contributed by atoms with van der Waals surface area (Å²) >= 11 is 0. The van der Waals surface area contributed by atoms with Gasteiger partial charge in [-0.25, -0.2) is 0 Å². The number of para-hydroxylation sites is 1. The number of hydrogen-bond acceptors (Lipinski definition) is 3. The molecule has 0 saturated carbocycles. The van der Waals surface area contributed by atoms with E-state index in [4.69, 9.17) is 9.47 Å². The monoisotopic (exact) mass is 275 g/mol. The van der Waals surface area contributed by atoms with Crippen LogP contribution in [0.1, 0.15) is 19.4 Å². The Balaban J connectivity index is 1.89. The molecule has 1 heterocycles. The van der Waals surface area contributed by atoms with Crippen molar-refractivity contribution in [3.63, 3.8) is 0 Å². The lowest BCUT2D eigenvalue weighted by Crippen LogP contribution is -2.48. The highest BCUT2D eigenvalue weighted by Gasteiger charge is 2.33. The van der Waals surface area contributed by atoms with Gasteiger partial charge in [-0.1, -0.05) is 25.1 Å². The maximum absolute atomic E-state index is 11.8. The minimum absolute atomic E-state index is 0.0900. The minimum atomic E-state index is -0.0931. The van der Waals surface area contributed by atoms with E-state index in [-0.39, 0.29) is 11.3 Å². The molecule has 0 spiro atoms. The van der Waals surface area contributed by atoms with Gasteiger partial charge in [0.2, 0.25) is 5.91 Å². The fraction of sp³-hybridized carbons (Fsp3) is 0.438. The summed E-state index contributed by atoms with van der Waals surface area (Å²) in [5.41, 5.74) is 0.995. The Morgan fingerprint density at radius 2 is 2.20 bits per heavy atom. The van der Waals surface area contributed by atoms with E-state index < -0.39 is 0 Å². The van der Waals surface area contributed by atoms with E-state index in [1.54, 1.807) is 12.2 Å². The summed E-state index contributed by atoms with van der Waals surface area (Å²) in [6.45, 7) is 6.71. The maximum Gasteiger partial charge on any atom is 0.244 e. The summed E-state index contributed by atoms with van der Waals surface area (Å²) < 4.78 is 10.7. The molecule has 0 atom stereocenters. The Morgan fingerprint density at radius 3 is 2.85 bits per heavy atom. The van der Waals surface area contributed by atoms with Gasteiger partial charge in [0.25, 0.3) is 0 Å². The molecule has 0 bridgehead atoms. The number of amides is 1. The summed E-state index contributed by atoms with van der Waals surface area (Å²) in [4.78, 5) is 11.8. The molecule has 4 heteroatoms. The van der Waals surface area contributed by atoms with Crippen molar-refractivity contribution < 1.29 is 14.3 Å². The fourth-order valence-corrected chi connectivity index (χ4v) is 1.98. The van der Waals surface area contributed by atoms with Gasteiger partial charge in [-0.15, -0.1) is 0 Å². The first-order valence-corrected chi connectivity index (χ1v) is 6.88. The lowest BCUT2D eigenvalue weighted by Gasteiger charge is -2.37. The highest BCUT2D eigenvalue weighted by Crippen LogP contribution is 2.25. The average Bonchev–Trinajstić information content (AvgIpc) is 2.42. The fourth-order valence-electron chi connectivity index (χ4n) is 1.98. The van der Waals surface area contributed by atoms with Gasteiger partial charge < -0.3 is 14.8 Å². The molecule has 108 valence electrons. The third-order valence-electron chi connectivity index (χ3n) is 3.22. The first-order valence-electron chi connectivity index (χ1n) is 6.88. The molecule has 1 aliphatic heterocycles. The molecular formula is C16H21NO3. The first kappa shape index (κ1) is 14.6. The van der Waals surface area contributed by atoms with Gasteiger partial charge in [-0.05, 0) is 19.1 Å². The number of ether oxygens (including phenoxy) is 2. The quantitative estimate of drug-likeness (QED) is 0.810. The maximum atomic E-state index is 11.8. The molecule has 0 aliphatic carbocycles. The molecule has 0 unspecified atom stereocenters. The van der Waals surface area contributed by atoms with Crippen LogP contribution in [0.25, 0.3) is 6.08 Å². The van der Waals surface area contributed by atoms with Crippen LogP contribution >= 0.6 is 0 Å². The van der Waals surface area contributed by atoms with Crippen molar-refractivity contribution in [1.29, 1.82) is 0 Å². The average molecular weight is 275 g/mol. The van der Waals surface area contributed by atoms with Crippen LogP contribution in [0.2, 0.25) is 0 Å². The predicted molar refractivity (Wildman–Crippen MR) is 78.6 cm³/mol. The van der Waals surface area contributed by atoms with Gasteiger partial charge in [-0.2, -0.15) is 0 Å². The normalized spacial score (nSPS) is 16.7. The number of hydrogen-bond donors (Lipinski definition) is 1. The van der Waals surface area contributed by atoms with Gasteiger partial charge in [0.15, 0.2) is 0 Å². The molecule has 1 aromatic carbocycles. The van der Waals surface area contributed by atoms with Crippen LogP contribution in [0, 0.1) is 5.41 Å². The van der Waals surface area contributed by atoms with Gasteiger partial charge in [-0.3, -0.25) is 4.79 Å². The van der Waals surface area contributed by atoms with Crippen molar-refractivity contribution in [3.05, 3.63) is 35.9 Å². The van der Waals surface area contributed by atoms with Crippen LogP contribution in [0.3, 0.4) is 0 Å². The number of nitrogens with one attached hydrogen (secondary N) is 1. The molecule has 1 N–H and O–H groups in total. The molecule has 20 heavy (non-hydrogen) atoms. The van der Waals surface area contributed by atoms with Crippen molar-refractivity contribution in [3.8, 4) is 5.75 Å². The van der Waals surface area contributed by atoms with E-state index in [9.17, 15) is 4.79 Å². The Hall–Kier alpha value is -1.81. The Kier molecular flexibility index (Phi) is 4.79. The summed E-state index contributed by atoms with van der Waals surface area (Å²) in [6, 6.07) is 7.66. The Bertz CT molecular complexity index is 492. The zero-order valence-electron chi connectivity index (χ0n) is 12.0. The van der Waals surface area contributed by atoms with Crippen LogP contribution in [-0.4, -0.2) is 32.3 Å². The molecule has 1 amide bonds. The molecule has 4 nitrogen and oxygen atoms in total. The minimum Gasteiger partial charge on any atom is -0.493 e. The zero-order valence-corrected chi connectivity index (χ0v) is 12.0. The molecule has 0 radical (unpaired) electrons. The van der Waals surface area contributed by atoms with Gasteiger partial charge >= 0.3 is 0 Å². The van der Waals surface area contributed by atoms with Crippen molar-refractivity contribution in [1.82, 2.24) is 5.32 Å². The van der Waals surface area contributed by atoms with Crippen LogP contribution in [-0.2, 0) is 9.53 Å². The van der Waals surface area contributed by atoms with E-state index in [0.717, 1.165) is 11.3 Å². The van der Waals surface area contributed by atoms with Gasteiger partial charge in [0.1, 0.15) is 5.75 Å². The predicted octanol–water partition coefficient (Wildman–Crippen LogP) is 2.25. The number of carbonyl (C=O) groups excluding carboxylic acids is 1. The van der Waals surface area contributed by atoms with Crippen LogP contribution in [0.15, 0.2) is 30.3 Å². The molecular weight excluding hydrogens is 254 g/mol. The summed E-state index contributed by atoms with van der Waals surface area (Å²) in [5.74, 6) is 0.697. The van der Waals surface area contributed by atoms with E-state index in [0.29, 0.717) is 26.4 Å². The standard InChI is InChI=1S/C16H21NO3/c1-3-20-14-7-5-4-6-13(14)8-9-15(18)17-10-16(2)11-19-12-16/h4-9H,3,10-12H2,1-2H3,(H,17,18)/b9-8+. The first-order chi connectivity index (χ1) is 9.63. The van der Waals surface area contributed by atoms with E-state index in [2.05, 4.69) is 12.2 Å². The number of carbonyl (C=O) groups is 1. The largest absolute Gasteiger partial charge is 0.493 e. The topological polar surface area (TPSA) is 47.6 Å². The lowest BCUT2D eigenvalue weighted by atomic mass is 9.89. The molecule has 1 saturated heterocycles. The van der Waals surface area contributed by atoms with Crippen LogP contribution in [0.4, 0.5) is 0 Å². The number of rotatable bonds is 6. The van der Waals surface area contributed by atoms with Crippen molar-refractivity contribution in [2.45, 2.75) is 13.8 Å². The number of benzene rings is 1. The Morgan fingerprint density at radius 1 is 1.45 bits per heavy atom. The molecule has 1 fully saturated rings. The molecule has 1 aromatic rings. The highest BCUT2D eigenvalue weighted by molar-refractivity contribution is 5.92. The van der Waals surface area contributed by atoms with E-state index in [1.165, 1.54) is 0 Å². The van der Waals surface area contributed by atoms with E-state index in [1.807, 2.05) is 31.2 Å².